The lowest BCUT2D eigenvalue weighted by molar-refractivity contribution is 0.0686. The van der Waals surface area contributed by atoms with Gasteiger partial charge in [-0.2, -0.15) is 0 Å². The number of hydrogen-bond donors (Lipinski definition) is 1. The molecule has 0 aliphatic carbocycles. The number of carboxylic acid groups (broad SMARTS) is 1. The lowest BCUT2D eigenvalue weighted by atomic mass is 9.97. The molecule has 0 saturated heterocycles. The lowest BCUT2D eigenvalue weighted by Crippen LogP contribution is -2.24. The van der Waals surface area contributed by atoms with Crippen LogP contribution in [0.4, 0.5) is 5.69 Å². The lowest BCUT2D eigenvalue weighted by Gasteiger charge is -2.25. The Kier molecular flexibility index (Phi) is 10.0. The molecule has 7 aromatic rings. The van der Waals surface area contributed by atoms with Gasteiger partial charge in [0.15, 0.2) is 0 Å². The molecular formula is C44H42Cl2N6O3. The monoisotopic (exact) mass is 772 g/mol. The molecule has 0 amide bonds. The van der Waals surface area contributed by atoms with Crippen LogP contribution in [0, 0.1) is 27.7 Å². The molecule has 0 radical (unpaired) electrons. The van der Waals surface area contributed by atoms with Crippen molar-refractivity contribution in [3.05, 3.63) is 134 Å². The zero-order valence-corrected chi connectivity index (χ0v) is 32.9. The average Bonchev–Trinajstić information content (AvgIpc) is 3.58. The second-order valence-electron chi connectivity index (χ2n) is 14.4. The summed E-state index contributed by atoms with van der Waals surface area (Å²) < 4.78 is 10.7. The van der Waals surface area contributed by atoms with E-state index in [0.29, 0.717) is 24.7 Å². The first-order chi connectivity index (χ1) is 26.6. The van der Waals surface area contributed by atoms with Gasteiger partial charge in [-0.15, -0.1) is 0 Å². The molecule has 1 aliphatic rings. The van der Waals surface area contributed by atoms with Crippen molar-refractivity contribution in [3.63, 3.8) is 0 Å². The summed E-state index contributed by atoms with van der Waals surface area (Å²) in [7, 11) is 0. The normalized spacial score (nSPS) is 13.0. The van der Waals surface area contributed by atoms with Crippen LogP contribution in [0.3, 0.4) is 0 Å². The second-order valence-corrected chi connectivity index (χ2v) is 15.2. The number of halogens is 2. The van der Waals surface area contributed by atoms with Crippen LogP contribution in [0.15, 0.2) is 79.3 Å². The van der Waals surface area contributed by atoms with E-state index in [9.17, 15) is 9.90 Å². The predicted octanol–water partition coefficient (Wildman–Crippen LogP) is 10.2. The highest BCUT2D eigenvalue weighted by molar-refractivity contribution is 6.35. The Bertz CT molecular complexity index is 2550. The van der Waals surface area contributed by atoms with Crippen molar-refractivity contribution in [1.29, 1.82) is 0 Å². The second kappa shape index (κ2) is 15.0. The number of aryl methyl sites for hydroxylation is 6. The Morgan fingerprint density at radius 2 is 1.65 bits per heavy atom. The topological polar surface area (TPSA) is 98.3 Å². The van der Waals surface area contributed by atoms with Crippen LogP contribution in [0.25, 0.3) is 32.9 Å². The third kappa shape index (κ3) is 6.80. The fourth-order valence-electron chi connectivity index (χ4n) is 8.31. The highest BCUT2D eigenvalue weighted by Crippen LogP contribution is 2.43. The van der Waals surface area contributed by atoms with Crippen molar-refractivity contribution in [2.24, 2.45) is 0 Å². The Morgan fingerprint density at radius 3 is 2.38 bits per heavy atom. The molecule has 0 saturated carbocycles. The van der Waals surface area contributed by atoms with Crippen molar-refractivity contribution in [2.75, 3.05) is 18.1 Å². The fourth-order valence-corrected chi connectivity index (χ4v) is 8.67. The Morgan fingerprint density at radius 1 is 0.873 bits per heavy atom. The molecule has 1 N–H and O–H groups in total. The van der Waals surface area contributed by atoms with Crippen LogP contribution in [-0.4, -0.2) is 48.3 Å². The van der Waals surface area contributed by atoms with Crippen molar-refractivity contribution in [1.82, 2.24) is 24.1 Å². The number of aromatic nitrogens is 5. The van der Waals surface area contributed by atoms with Crippen molar-refractivity contribution in [2.45, 2.75) is 66.6 Å². The van der Waals surface area contributed by atoms with Crippen LogP contribution in [0.5, 0.6) is 5.75 Å². The summed E-state index contributed by atoms with van der Waals surface area (Å²) in [6.07, 6.45) is 5.79. The van der Waals surface area contributed by atoms with Crippen LogP contribution >= 0.6 is 23.2 Å². The summed E-state index contributed by atoms with van der Waals surface area (Å²) in [6, 6.07) is 21.8. The summed E-state index contributed by atoms with van der Waals surface area (Å²) in [5.41, 5.74) is 12.1. The molecule has 1 aliphatic heterocycles. The number of para-hydroxylation sites is 1. The molecule has 9 nitrogen and oxygen atoms in total. The number of ether oxygens (including phenoxy) is 1. The van der Waals surface area contributed by atoms with Crippen LogP contribution in [-0.2, 0) is 26.1 Å². The van der Waals surface area contributed by atoms with E-state index in [2.05, 4.69) is 36.6 Å². The van der Waals surface area contributed by atoms with E-state index >= 15 is 0 Å². The van der Waals surface area contributed by atoms with E-state index in [1.807, 2.05) is 80.8 Å². The average molecular weight is 774 g/mol. The van der Waals surface area contributed by atoms with Gasteiger partial charge in [0.05, 0.1) is 47.1 Å². The van der Waals surface area contributed by atoms with Gasteiger partial charge in [0, 0.05) is 63.3 Å². The van der Waals surface area contributed by atoms with Gasteiger partial charge in [-0.3, -0.25) is 4.98 Å². The minimum atomic E-state index is -0.970. The van der Waals surface area contributed by atoms with E-state index < -0.39 is 5.97 Å². The largest absolute Gasteiger partial charge is 0.494 e. The maximum Gasteiger partial charge on any atom is 0.352 e. The maximum atomic E-state index is 12.6. The number of fused-ring (bicyclic) bond motifs is 4. The molecule has 55 heavy (non-hydrogen) atoms. The third-order valence-electron chi connectivity index (χ3n) is 10.8. The molecular weight excluding hydrogens is 731 g/mol. The van der Waals surface area contributed by atoms with Gasteiger partial charge in [-0.05, 0) is 106 Å². The molecule has 0 bridgehead atoms. The molecule has 5 heterocycles. The molecule has 0 atom stereocenters. The zero-order valence-electron chi connectivity index (χ0n) is 31.4. The van der Waals surface area contributed by atoms with Gasteiger partial charge >= 0.3 is 5.97 Å². The van der Waals surface area contributed by atoms with Crippen LogP contribution < -0.4 is 9.64 Å². The van der Waals surface area contributed by atoms with Crippen molar-refractivity contribution in [3.8, 4) is 16.9 Å². The fraction of sp³-hybridized carbons (Fsp3) is 0.273. The predicted molar refractivity (Wildman–Crippen MR) is 220 cm³/mol. The SMILES string of the molecule is Cc1cc(OCCCc2c3n(c4c(-c5c(C)ncnc5C)c(Cl)ccc24)CCCN(c2cccc4cc(C(=O)O)n(Cc5ccccn5)c24)C3)cc(C)c1Cl. The van der Waals surface area contributed by atoms with Crippen molar-refractivity contribution < 1.29 is 14.6 Å². The number of benzene rings is 3. The smallest absolute Gasteiger partial charge is 0.352 e. The first kappa shape index (κ1) is 36.6. The van der Waals surface area contributed by atoms with Crippen LogP contribution in [0.1, 0.15) is 62.8 Å². The molecule has 3 aromatic carbocycles. The molecule has 0 unspecified atom stereocenters. The number of carboxylic acids is 1. The first-order valence-corrected chi connectivity index (χ1v) is 19.4. The zero-order chi connectivity index (χ0) is 38.4. The molecule has 0 fully saturated rings. The highest BCUT2D eigenvalue weighted by Gasteiger charge is 2.28. The minimum Gasteiger partial charge on any atom is -0.494 e. The van der Waals surface area contributed by atoms with E-state index in [1.54, 1.807) is 18.6 Å². The Hall–Kier alpha value is -5.38. The van der Waals surface area contributed by atoms with Crippen LogP contribution in [0.2, 0.25) is 10.0 Å². The number of nitrogens with zero attached hydrogens (tertiary/aromatic N) is 6. The van der Waals surface area contributed by atoms with E-state index in [-0.39, 0.29) is 5.69 Å². The van der Waals surface area contributed by atoms with Gasteiger partial charge in [0.25, 0.3) is 0 Å². The van der Waals surface area contributed by atoms with Gasteiger partial charge in [0.2, 0.25) is 0 Å². The van der Waals surface area contributed by atoms with Gasteiger partial charge < -0.3 is 23.9 Å². The van der Waals surface area contributed by atoms with Crippen molar-refractivity contribution >= 4 is 56.7 Å². The number of rotatable bonds is 10. The van der Waals surface area contributed by atoms with E-state index in [1.165, 1.54) is 11.3 Å². The molecule has 4 aromatic heterocycles. The number of carbonyl (C=O) groups is 1. The molecule has 280 valence electrons. The number of hydrogen-bond acceptors (Lipinski definition) is 6. The number of aromatic carboxylic acids is 1. The van der Waals surface area contributed by atoms with E-state index in [4.69, 9.17) is 27.9 Å². The summed E-state index contributed by atoms with van der Waals surface area (Å²) in [4.78, 5) is 28.7. The summed E-state index contributed by atoms with van der Waals surface area (Å²) in [6.45, 7) is 11.1. The minimum absolute atomic E-state index is 0.235. The Balaban J connectivity index is 1.25. The van der Waals surface area contributed by atoms with E-state index in [0.717, 1.165) is 110 Å². The summed E-state index contributed by atoms with van der Waals surface area (Å²) in [5, 5.41) is 13.8. The van der Waals surface area contributed by atoms with Gasteiger partial charge in [0.1, 0.15) is 17.8 Å². The third-order valence-corrected chi connectivity index (χ3v) is 11.7. The molecule has 11 heteroatoms. The quantitative estimate of drug-likeness (QED) is 0.138. The number of anilines is 1. The van der Waals surface area contributed by atoms with Gasteiger partial charge in [-0.1, -0.05) is 47.5 Å². The summed E-state index contributed by atoms with van der Waals surface area (Å²) >= 11 is 13.6. The Labute approximate surface area is 330 Å². The standard InChI is InChI=1S/C44H42Cl2N6O3/c1-26-20-32(21-27(2)41(26)46)55-19-8-12-33-34-14-15-35(45)40(39-28(3)48-25-49-29(39)4)43(34)51-18-9-17-50(24-38(33)51)36-13-7-10-30-22-37(44(53)54)52(42(30)36)23-31-11-5-6-16-47-31/h5-7,10-11,13-16,20-22,25H,8-9,12,17-19,23-24H2,1-4H3,(H,53,54). The first-order valence-electron chi connectivity index (χ1n) is 18.6. The number of pyridine rings is 1. The van der Waals surface area contributed by atoms with Gasteiger partial charge in [-0.25, -0.2) is 14.8 Å². The maximum absolute atomic E-state index is 12.6. The molecule has 0 spiro atoms. The highest BCUT2D eigenvalue weighted by atomic mass is 35.5. The summed E-state index contributed by atoms with van der Waals surface area (Å²) in [5.74, 6) is -0.153. The molecule has 8 rings (SSSR count).